The van der Waals surface area contributed by atoms with Gasteiger partial charge < -0.3 is 15.0 Å². The Balaban J connectivity index is 1.25. The molecule has 0 spiro atoms. The summed E-state index contributed by atoms with van der Waals surface area (Å²) < 4.78 is 5.18. The monoisotopic (exact) mass is 455 g/mol. The van der Waals surface area contributed by atoms with Crippen LogP contribution in [-0.2, 0) is 6.42 Å². The first kappa shape index (κ1) is 20.9. The molecule has 0 fully saturated rings. The fourth-order valence-electron chi connectivity index (χ4n) is 3.84. The third kappa shape index (κ3) is 4.23. The molecule has 2 amide bonds. The van der Waals surface area contributed by atoms with Gasteiger partial charge in [0.25, 0.3) is 11.8 Å². The molecule has 2 heterocycles. The number of para-hydroxylation sites is 1. The number of carbonyl (C=O) groups excluding carboxylic acids is 2. The van der Waals surface area contributed by atoms with E-state index in [2.05, 4.69) is 16.4 Å². The lowest BCUT2D eigenvalue weighted by molar-refractivity contribution is 0.0988. The van der Waals surface area contributed by atoms with E-state index in [0.29, 0.717) is 23.5 Å². The first-order valence-corrected chi connectivity index (χ1v) is 11.4. The van der Waals surface area contributed by atoms with E-state index in [1.54, 1.807) is 41.7 Å². The number of amides is 2. The first-order valence-electron chi connectivity index (χ1n) is 10.5. The molecular weight excluding hydrogens is 434 g/mol. The predicted octanol–water partition coefficient (Wildman–Crippen LogP) is 5.27. The molecule has 4 aromatic rings. The molecule has 1 aliphatic heterocycles. The van der Waals surface area contributed by atoms with Crippen molar-refractivity contribution < 1.29 is 14.3 Å². The van der Waals surface area contributed by atoms with Crippen LogP contribution in [0.15, 0.2) is 78.2 Å². The highest BCUT2D eigenvalue weighted by molar-refractivity contribution is 7.13. The van der Waals surface area contributed by atoms with Crippen LogP contribution in [-0.4, -0.2) is 30.5 Å². The zero-order chi connectivity index (χ0) is 22.8. The SMILES string of the molecule is COc1ccc(-c2nc(C(=O)Nc3ccc(C(=O)N4CCc5ccccc54)cc3)cs2)cc1. The molecule has 5 rings (SSSR count). The molecule has 0 aliphatic carbocycles. The Hall–Kier alpha value is -3.97. The van der Waals surface area contributed by atoms with Crippen LogP contribution in [0.1, 0.15) is 26.4 Å². The molecular formula is C26H21N3O3S. The molecule has 33 heavy (non-hydrogen) atoms. The van der Waals surface area contributed by atoms with Gasteiger partial charge >= 0.3 is 0 Å². The average Bonchev–Trinajstić information content (AvgIpc) is 3.52. The zero-order valence-electron chi connectivity index (χ0n) is 17.9. The van der Waals surface area contributed by atoms with Crippen LogP contribution < -0.4 is 15.0 Å². The van der Waals surface area contributed by atoms with E-state index < -0.39 is 0 Å². The maximum absolute atomic E-state index is 13.0. The molecule has 3 aromatic carbocycles. The number of methoxy groups -OCH3 is 1. The number of nitrogens with zero attached hydrogens (tertiary/aromatic N) is 2. The number of carbonyl (C=O) groups is 2. The number of hydrogen-bond acceptors (Lipinski definition) is 5. The standard InChI is InChI=1S/C26H21N3O3S/c1-32-21-12-8-18(9-13-21)25-28-22(16-33-25)24(30)27-20-10-6-19(7-11-20)26(31)29-15-14-17-4-2-3-5-23(17)29/h2-13,16H,14-15H2,1H3,(H,27,30). The van der Waals surface area contributed by atoms with Crippen LogP contribution in [0.5, 0.6) is 5.75 Å². The molecule has 0 unspecified atom stereocenters. The van der Waals surface area contributed by atoms with Gasteiger partial charge in [0.15, 0.2) is 0 Å². The second-order valence-corrected chi connectivity index (χ2v) is 8.49. The summed E-state index contributed by atoms with van der Waals surface area (Å²) in [7, 11) is 1.62. The van der Waals surface area contributed by atoms with Gasteiger partial charge in [-0.2, -0.15) is 0 Å². The third-order valence-electron chi connectivity index (χ3n) is 5.60. The van der Waals surface area contributed by atoms with Crippen molar-refractivity contribution in [3.63, 3.8) is 0 Å². The molecule has 7 heteroatoms. The summed E-state index contributed by atoms with van der Waals surface area (Å²) in [6, 6.07) is 22.5. The van der Waals surface area contributed by atoms with Crippen LogP contribution in [0, 0.1) is 0 Å². The van der Waals surface area contributed by atoms with Crippen molar-refractivity contribution >= 4 is 34.5 Å². The Bertz CT molecular complexity index is 1310. The highest BCUT2D eigenvalue weighted by Crippen LogP contribution is 2.29. The molecule has 0 radical (unpaired) electrons. The smallest absolute Gasteiger partial charge is 0.275 e. The quantitative estimate of drug-likeness (QED) is 0.445. The highest BCUT2D eigenvalue weighted by atomic mass is 32.1. The summed E-state index contributed by atoms with van der Waals surface area (Å²) in [6.45, 7) is 0.678. The largest absolute Gasteiger partial charge is 0.497 e. The van der Waals surface area contributed by atoms with Crippen molar-refractivity contribution in [1.82, 2.24) is 4.98 Å². The lowest BCUT2D eigenvalue weighted by atomic mass is 10.1. The van der Waals surface area contributed by atoms with Crippen molar-refractivity contribution in [1.29, 1.82) is 0 Å². The first-order chi connectivity index (χ1) is 16.1. The van der Waals surface area contributed by atoms with E-state index in [1.165, 1.54) is 16.9 Å². The summed E-state index contributed by atoms with van der Waals surface area (Å²) >= 11 is 1.41. The Kier molecular flexibility index (Phi) is 5.62. The number of rotatable bonds is 5. The molecule has 1 N–H and O–H groups in total. The van der Waals surface area contributed by atoms with Crippen LogP contribution in [0.4, 0.5) is 11.4 Å². The number of aromatic nitrogens is 1. The van der Waals surface area contributed by atoms with Gasteiger partial charge in [0.1, 0.15) is 16.5 Å². The van der Waals surface area contributed by atoms with Gasteiger partial charge in [-0.05, 0) is 66.6 Å². The van der Waals surface area contributed by atoms with Crippen LogP contribution in [0.25, 0.3) is 10.6 Å². The lowest BCUT2D eigenvalue weighted by Crippen LogP contribution is -2.28. The fourth-order valence-corrected chi connectivity index (χ4v) is 4.65. The fraction of sp³-hybridized carbons (Fsp3) is 0.115. The number of thiazole rings is 1. The van der Waals surface area contributed by atoms with Crippen molar-refractivity contribution in [3.05, 3.63) is 95.0 Å². The van der Waals surface area contributed by atoms with Crippen LogP contribution in [0.2, 0.25) is 0 Å². The normalized spacial score (nSPS) is 12.3. The minimum atomic E-state index is -0.293. The molecule has 1 aliphatic rings. The molecule has 0 saturated carbocycles. The van der Waals surface area contributed by atoms with E-state index in [9.17, 15) is 9.59 Å². The van der Waals surface area contributed by atoms with E-state index in [0.717, 1.165) is 28.4 Å². The zero-order valence-corrected chi connectivity index (χ0v) is 18.8. The van der Waals surface area contributed by atoms with Gasteiger partial charge in [-0.1, -0.05) is 18.2 Å². The van der Waals surface area contributed by atoms with E-state index in [-0.39, 0.29) is 11.8 Å². The summed E-state index contributed by atoms with van der Waals surface area (Å²) in [6.07, 6.45) is 0.863. The Morgan fingerprint density at radius 1 is 1.00 bits per heavy atom. The van der Waals surface area contributed by atoms with Gasteiger partial charge in [-0.25, -0.2) is 4.98 Å². The Morgan fingerprint density at radius 2 is 1.76 bits per heavy atom. The van der Waals surface area contributed by atoms with Crippen LogP contribution >= 0.6 is 11.3 Å². The van der Waals surface area contributed by atoms with E-state index in [4.69, 9.17) is 4.74 Å². The summed E-state index contributed by atoms with van der Waals surface area (Å²) in [4.78, 5) is 31.9. The molecule has 1 aromatic heterocycles. The summed E-state index contributed by atoms with van der Waals surface area (Å²) in [5.41, 5.74) is 4.62. The molecule has 0 saturated heterocycles. The molecule has 0 bridgehead atoms. The number of ether oxygens (including phenoxy) is 1. The number of hydrogen-bond donors (Lipinski definition) is 1. The molecule has 0 atom stereocenters. The second-order valence-electron chi connectivity index (χ2n) is 7.63. The topological polar surface area (TPSA) is 71.5 Å². The Labute approximate surface area is 195 Å². The third-order valence-corrected chi connectivity index (χ3v) is 6.49. The van der Waals surface area contributed by atoms with Crippen molar-refractivity contribution in [3.8, 4) is 16.3 Å². The van der Waals surface area contributed by atoms with Crippen molar-refractivity contribution in [2.24, 2.45) is 0 Å². The van der Waals surface area contributed by atoms with Gasteiger partial charge in [0, 0.05) is 34.4 Å². The summed E-state index contributed by atoms with van der Waals surface area (Å²) in [5, 5.41) is 5.35. The van der Waals surface area contributed by atoms with E-state index >= 15 is 0 Å². The van der Waals surface area contributed by atoms with E-state index in [1.807, 2.05) is 42.5 Å². The summed E-state index contributed by atoms with van der Waals surface area (Å²) in [5.74, 6) is 0.434. The lowest BCUT2D eigenvalue weighted by Gasteiger charge is -2.17. The number of nitrogens with one attached hydrogen (secondary N) is 1. The van der Waals surface area contributed by atoms with Gasteiger partial charge in [0.2, 0.25) is 0 Å². The number of anilines is 2. The Morgan fingerprint density at radius 3 is 2.52 bits per heavy atom. The van der Waals surface area contributed by atoms with Crippen molar-refractivity contribution in [2.45, 2.75) is 6.42 Å². The van der Waals surface area contributed by atoms with Gasteiger partial charge in [0.05, 0.1) is 7.11 Å². The van der Waals surface area contributed by atoms with Gasteiger partial charge in [-0.3, -0.25) is 9.59 Å². The van der Waals surface area contributed by atoms with Crippen LogP contribution in [0.3, 0.4) is 0 Å². The number of fused-ring (bicyclic) bond motifs is 1. The maximum Gasteiger partial charge on any atom is 0.275 e. The molecule has 6 nitrogen and oxygen atoms in total. The minimum Gasteiger partial charge on any atom is -0.497 e. The number of benzene rings is 3. The maximum atomic E-state index is 13.0. The highest BCUT2D eigenvalue weighted by Gasteiger charge is 2.25. The average molecular weight is 456 g/mol. The van der Waals surface area contributed by atoms with Crippen molar-refractivity contribution in [2.75, 3.05) is 23.9 Å². The second kappa shape index (κ2) is 8.88. The molecule has 164 valence electrons. The minimum absolute atomic E-state index is 0.0403. The van der Waals surface area contributed by atoms with Gasteiger partial charge in [-0.15, -0.1) is 11.3 Å². The predicted molar refractivity (Wildman–Crippen MR) is 130 cm³/mol.